The highest BCUT2D eigenvalue weighted by molar-refractivity contribution is 5.96. The second kappa shape index (κ2) is 7.21. The monoisotopic (exact) mass is 402 g/mol. The van der Waals surface area contributed by atoms with Crippen molar-refractivity contribution in [3.63, 3.8) is 0 Å². The van der Waals surface area contributed by atoms with Gasteiger partial charge in [0.15, 0.2) is 0 Å². The summed E-state index contributed by atoms with van der Waals surface area (Å²) in [5.41, 5.74) is -0.244. The molecule has 0 radical (unpaired) electrons. The highest BCUT2D eigenvalue weighted by Crippen LogP contribution is 2.45. The van der Waals surface area contributed by atoms with Gasteiger partial charge >= 0.3 is 6.18 Å². The van der Waals surface area contributed by atoms with Crippen LogP contribution in [0.15, 0.2) is 54.6 Å². The summed E-state index contributed by atoms with van der Waals surface area (Å²) in [5, 5.41) is 0. The Bertz CT molecular complexity index is 929. The lowest BCUT2D eigenvalue weighted by atomic mass is 9.89. The third-order valence-corrected chi connectivity index (χ3v) is 5.96. The van der Waals surface area contributed by atoms with Crippen LogP contribution in [0, 0.1) is 11.8 Å². The van der Waals surface area contributed by atoms with Crippen molar-refractivity contribution in [2.24, 2.45) is 11.8 Å². The molecule has 0 aromatic heterocycles. The molecule has 4 nitrogen and oxygen atoms in total. The van der Waals surface area contributed by atoms with E-state index in [1.807, 2.05) is 35.2 Å². The van der Waals surface area contributed by atoms with Gasteiger partial charge in [0.05, 0.1) is 17.2 Å². The van der Waals surface area contributed by atoms with Gasteiger partial charge in [-0.25, -0.2) is 0 Å². The predicted octanol–water partition coefficient (Wildman–Crippen LogP) is 4.00. The number of alkyl halides is 3. The molecule has 2 heterocycles. The number of rotatable bonds is 2. The van der Waals surface area contributed by atoms with E-state index in [-0.39, 0.29) is 29.3 Å². The summed E-state index contributed by atoms with van der Waals surface area (Å²) in [4.78, 5) is 28.4. The average molecular weight is 402 g/mol. The van der Waals surface area contributed by atoms with Crippen LogP contribution in [0.2, 0.25) is 0 Å². The number of carbonyl (C=O) groups is 2. The van der Waals surface area contributed by atoms with Crippen LogP contribution in [0.5, 0.6) is 0 Å². The third kappa shape index (κ3) is 3.50. The maximum atomic E-state index is 13.3. The van der Waals surface area contributed by atoms with E-state index in [0.717, 1.165) is 11.6 Å². The SMILES string of the molecule is CC(=O)N1C[C@H]2CN(C(=O)c3ccccc3C(F)(F)F)C[C@H]2[C@H]1c1ccccc1. The molecule has 3 atom stereocenters. The number of hydrogen-bond donors (Lipinski definition) is 0. The number of fused-ring (bicyclic) bond motifs is 1. The third-order valence-electron chi connectivity index (χ3n) is 5.96. The molecule has 0 saturated carbocycles. The summed E-state index contributed by atoms with van der Waals surface area (Å²) in [6.45, 7) is 2.71. The van der Waals surface area contributed by atoms with Gasteiger partial charge in [0.2, 0.25) is 5.91 Å². The molecule has 2 aliphatic heterocycles. The molecule has 2 aromatic carbocycles. The summed E-state index contributed by atoms with van der Waals surface area (Å²) in [6.07, 6.45) is -4.58. The number of likely N-dealkylation sites (tertiary alicyclic amines) is 2. The van der Waals surface area contributed by atoms with Crippen molar-refractivity contribution in [1.29, 1.82) is 0 Å². The first kappa shape index (κ1) is 19.5. The largest absolute Gasteiger partial charge is 0.417 e. The normalized spacial score (nSPS) is 23.9. The molecule has 2 aromatic rings. The zero-order valence-corrected chi connectivity index (χ0v) is 15.9. The Morgan fingerprint density at radius 2 is 1.59 bits per heavy atom. The van der Waals surface area contributed by atoms with Gasteiger partial charge in [-0.1, -0.05) is 42.5 Å². The van der Waals surface area contributed by atoms with Crippen LogP contribution in [0.3, 0.4) is 0 Å². The van der Waals surface area contributed by atoms with E-state index < -0.39 is 17.6 Å². The van der Waals surface area contributed by atoms with E-state index in [9.17, 15) is 22.8 Å². The van der Waals surface area contributed by atoms with Gasteiger partial charge in [-0.05, 0) is 17.7 Å². The fourth-order valence-corrected chi connectivity index (χ4v) is 4.70. The molecular weight excluding hydrogens is 381 g/mol. The summed E-state index contributed by atoms with van der Waals surface area (Å²) in [6, 6.07) is 14.3. The first-order chi connectivity index (χ1) is 13.8. The molecule has 2 fully saturated rings. The number of hydrogen-bond acceptors (Lipinski definition) is 2. The van der Waals surface area contributed by atoms with Gasteiger partial charge in [-0.3, -0.25) is 9.59 Å². The molecule has 29 heavy (non-hydrogen) atoms. The average Bonchev–Trinajstić information content (AvgIpc) is 3.25. The van der Waals surface area contributed by atoms with Gasteiger partial charge in [-0.15, -0.1) is 0 Å². The zero-order chi connectivity index (χ0) is 20.8. The van der Waals surface area contributed by atoms with Gasteiger partial charge in [-0.2, -0.15) is 13.2 Å². The Kier molecular flexibility index (Phi) is 4.84. The van der Waals surface area contributed by atoms with Crippen molar-refractivity contribution in [3.8, 4) is 0 Å². The Hall–Kier alpha value is -2.83. The van der Waals surface area contributed by atoms with Gasteiger partial charge in [0.1, 0.15) is 0 Å². The van der Waals surface area contributed by atoms with Gasteiger partial charge in [0.25, 0.3) is 5.91 Å². The maximum Gasteiger partial charge on any atom is 0.417 e. The summed E-state index contributed by atoms with van der Waals surface area (Å²) < 4.78 is 40.0. The summed E-state index contributed by atoms with van der Waals surface area (Å²) in [5.74, 6) is -0.587. The minimum atomic E-state index is -4.58. The minimum absolute atomic E-state index is 0.00305. The summed E-state index contributed by atoms with van der Waals surface area (Å²) >= 11 is 0. The molecule has 0 N–H and O–H groups in total. The molecule has 2 aliphatic rings. The standard InChI is InChI=1S/C22H21F3N2O2/c1-14(28)27-12-16-11-26(13-18(16)20(27)15-7-3-2-4-8-15)21(29)17-9-5-6-10-19(17)22(23,24)25/h2-10,16,18,20H,11-13H2,1H3/t16-,18-,20-/m1/s1. The second-order valence-electron chi connectivity index (χ2n) is 7.70. The van der Waals surface area contributed by atoms with E-state index in [2.05, 4.69) is 0 Å². The van der Waals surface area contributed by atoms with Crippen molar-refractivity contribution in [3.05, 3.63) is 71.3 Å². The lowest BCUT2D eigenvalue weighted by Gasteiger charge is -2.29. The second-order valence-corrected chi connectivity index (χ2v) is 7.70. The van der Waals surface area contributed by atoms with Gasteiger partial charge < -0.3 is 9.80 Å². The zero-order valence-electron chi connectivity index (χ0n) is 15.9. The lowest BCUT2D eigenvalue weighted by molar-refractivity contribution is -0.138. The Morgan fingerprint density at radius 3 is 2.24 bits per heavy atom. The van der Waals surface area contributed by atoms with Crippen molar-refractivity contribution in [1.82, 2.24) is 9.80 Å². The van der Waals surface area contributed by atoms with E-state index in [0.29, 0.717) is 19.6 Å². The topological polar surface area (TPSA) is 40.6 Å². The number of carbonyl (C=O) groups excluding carboxylic acids is 2. The molecule has 2 saturated heterocycles. The smallest absolute Gasteiger partial charge is 0.338 e. The van der Waals surface area contributed by atoms with E-state index in [1.165, 1.54) is 30.0 Å². The van der Waals surface area contributed by atoms with Crippen LogP contribution in [0.25, 0.3) is 0 Å². The van der Waals surface area contributed by atoms with Gasteiger partial charge in [0, 0.05) is 38.4 Å². The molecule has 0 bridgehead atoms. The molecule has 7 heteroatoms. The van der Waals surface area contributed by atoms with Crippen LogP contribution in [0.1, 0.15) is 34.5 Å². The van der Waals surface area contributed by atoms with Crippen molar-refractivity contribution in [2.75, 3.05) is 19.6 Å². The molecule has 152 valence electrons. The fourth-order valence-electron chi connectivity index (χ4n) is 4.70. The van der Waals surface area contributed by atoms with Crippen LogP contribution in [-0.2, 0) is 11.0 Å². The number of benzene rings is 2. The Balaban J connectivity index is 1.61. The van der Waals surface area contributed by atoms with Crippen LogP contribution >= 0.6 is 0 Å². The Morgan fingerprint density at radius 1 is 0.931 bits per heavy atom. The molecule has 0 spiro atoms. The maximum absolute atomic E-state index is 13.3. The number of halogens is 3. The summed E-state index contributed by atoms with van der Waals surface area (Å²) in [7, 11) is 0. The van der Waals surface area contributed by atoms with Crippen LogP contribution < -0.4 is 0 Å². The van der Waals surface area contributed by atoms with Crippen molar-refractivity contribution >= 4 is 11.8 Å². The molecule has 4 rings (SSSR count). The Labute approximate surface area is 166 Å². The highest BCUT2D eigenvalue weighted by atomic mass is 19.4. The minimum Gasteiger partial charge on any atom is -0.338 e. The first-order valence-electron chi connectivity index (χ1n) is 9.55. The molecule has 0 unspecified atom stereocenters. The highest BCUT2D eigenvalue weighted by Gasteiger charge is 2.50. The predicted molar refractivity (Wildman–Crippen MR) is 101 cm³/mol. The van der Waals surface area contributed by atoms with Crippen LogP contribution in [0.4, 0.5) is 13.2 Å². The fraction of sp³-hybridized carbons (Fsp3) is 0.364. The first-order valence-corrected chi connectivity index (χ1v) is 9.55. The van der Waals surface area contributed by atoms with Crippen molar-refractivity contribution < 1.29 is 22.8 Å². The molecule has 0 aliphatic carbocycles. The number of amides is 2. The van der Waals surface area contributed by atoms with E-state index in [1.54, 1.807) is 0 Å². The van der Waals surface area contributed by atoms with E-state index in [4.69, 9.17) is 0 Å². The molecular formula is C22H21F3N2O2. The van der Waals surface area contributed by atoms with Crippen LogP contribution in [-0.4, -0.2) is 41.2 Å². The number of nitrogens with zero attached hydrogens (tertiary/aromatic N) is 2. The molecule has 2 amide bonds. The van der Waals surface area contributed by atoms with Crippen molar-refractivity contribution in [2.45, 2.75) is 19.1 Å². The quantitative estimate of drug-likeness (QED) is 0.762. The lowest BCUT2D eigenvalue weighted by Crippen LogP contribution is -2.37. The van der Waals surface area contributed by atoms with E-state index >= 15 is 0 Å².